The summed E-state index contributed by atoms with van der Waals surface area (Å²) in [6, 6.07) is 20.7. The van der Waals surface area contributed by atoms with Gasteiger partial charge < -0.3 is 0 Å². The first-order chi connectivity index (χ1) is 12.2. The molecule has 4 aromatic rings. The second-order valence-electron chi connectivity index (χ2n) is 7.01. The molecule has 0 N–H and O–H groups in total. The van der Waals surface area contributed by atoms with E-state index in [4.69, 9.17) is 0 Å². The SMILES string of the molecule is CCCc1cc2cc3cc4ccc(Br)cc4cc3cc2cc1CCC. The van der Waals surface area contributed by atoms with Crippen molar-refractivity contribution in [2.45, 2.75) is 39.5 Å². The Hall–Kier alpha value is -1.86. The van der Waals surface area contributed by atoms with Gasteiger partial charge in [0.2, 0.25) is 0 Å². The topological polar surface area (TPSA) is 0 Å². The fourth-order valence-corrected chi connectivity index (χ4v) is 4.25. The largest absolute Gasteiger partial charge is 0.0651 e. The van der Waals surface area contributed by atoms with Crippen LogP contribution in [-0.2, 0) is 12.8 Å². The van der Waals surface area contributed by atoms with Gasteiger partial charge in [-0.2, -0.15) is 0 Å². The Morgan fingerprint density at radius 3 is 1.52 bits per heavy atom. The molecule has 0 aliphatic rings. The zero-order chi connectivity index (χ0) is 17.4. The number of benzene rings is 4. The molecular weight excluding hydrogens is 368 g/mol. The van der Waals surface area contributed by atoms with Crippen LogP contribution in [0.25, 0.3) is 32.3 Å². The molecule has 0 radical (unpaired) electrons. The van der Waals surface area contributed by atoms with Gasteiger partial charge in [0.05, 0.1) is 0 Å². The molecule has 0 fully saturated rings. The normalized spacial score (nSPS) is 11.6. The van der Waals surface area contributed by atoms with Gasteiger partial charge in [-0.15, -0.1) is 0 Å². The van der Waals surface area contributed by atoms with Gasteiger partial charge in [-0.1, -0.05) is 60.8 Å². The van der Waals surface area contributed by atoms with E-state index in [9.17, 15) is 0 Å². The third kappa shape index (κ3) is 3.18. The first-order valence-electron chi connectivity index (χ1n) is 9.26. The van der Waals surface area contributed by atoms with Crippen molar-refractivity contribution in [1.29, 1.82) is 0 Å². The second-order valence-corrected chi connectivity index (χ2v) is 7.93. The van der Waals surface area contributed by atoms with Gasteiger partial charge in [0.25, 0.3) is 0 Å². The van der Waals surface area contributed by atoms with Crippen molar-refractivity contribution in [3.05, 3.63) is 70.2 Å². The van der Waals surface area contributed by atoms with E-state index in [1.807, 2.05) is 0 Å². The molecular formula is C24H23Br. The van der Waals surface area contributed by atoms with Crippen LogP contribution in [-0.4, -0.2) is 0 Å². The van der Waals surface area contributed by atoms with Crippen molar-refractivity contribution in [3.8, 4) is 0 Å². The van der Waals surface area contributed by atoms with E-state index in [2.05, 4.69) is 84.4 Å². The lowest BCUT2D eigenvalue weighted by Crippen LogP contribution is -1.94. The van der Waals surface area contributed by atoms with Gasteiger partial charge in [0.15, 0.2) is 0 Å². The van der Waals surface area contributed by atoms with E-state index in [0.29, 0.717) is 0 Å². The summed E-state index contributed by atoms with van der Waals surface area (Å²) in [5.41, 5.74) is 3.06. The highest BCUT2D eigenvalue weighted by Gasteiger charge is 2.07. The summed E-state index contributed by atoms with van der Waals surface area (Å²) in [5.74, 6) is 0. The lowest BCUT2D eigenvalue weighted by molar-refractivity contribution is 0.864. The first kappa shape index (κ1) is 16.6. The Morgan fingerprint density at radius 2 is 1.00 bits per heavy atom. The monoisotopic (exact) mass is 390 g/mol. The molecule has 0 saturated heterocycles. The van der Waals surface area contributed by atoms with Crippen LogP contribution in [0.4, 0.5) is 0 Å². The quantitative estimate of drug-likeness (QED) is 0.311. The van der Waals surface area contributed by atoms with Crippen molar-refractivity contribution in [2.75, 3.05) is 0 Å². The van der Waals surface area contributed by atoms with E-state index in [-0.39, 0.29) is 0 Å². The maximum Gasteiger partial charge on any atom is 0.0181 e. The van der Waals surface area contributed by atoms with Crippen molar-refractivity contribution >= 4 is 48.2 Å². The molecule has 0 unspecified atom stereocenters. The predicted molar refractivity (Wildman–Crippen MR) is 115 cm³/mol. The average Bonchev–Trinajstić information content (AvgIpc) is 2.59. The van der Waals surface area contributed by atoms with Gasteiger partial charge in [0.1, 0.15) is 0 Å². The summed E-state index contributed by atoms with van der Waals surface area (Å²) in [5, 5.41) is 7.97. The maximum absolute atomic E-state index is 3.59. The standard InChI is InChI=1S/C24H23Br/c1-3-5-16-9-19-12-21-11-18-7-8-24(25)15-23(18)14-22(21)13-20(19)10-17(16)6-4-2/h7-15H,3-6H2,1-2H3. The number of halogens is 1. The molecule has 0 aliphatic heterocycles. The number of hydrogen-bond donors (Lipinski definition) is 0. The van der Waals surface area contributed by atoms with Crippen LogP contribution in [0.2, 0.25) is 0 Å². The Kier molecular flexibility index (Phi) is 4.52. The van der Waals surface area contributed by atoms with Crippen LogP contribution >= 0.6 is 15.9 Å². The highest BCUT2D eigenvalue weighted by Crippen LogP contribution is 2.31. The fourth-order valence-electron chi connectivity index (χ4n) is 3.87. The summed E-state index contributed by atoms with van der Waals surface area (Å²) < 4.78 is 1.13. The molecule has 0 aliphatic carbocycles. The van der Waals surface area contributed by atoms with Crippen LogP contribution in [0.15, 0.2) is 59.1 Å². The second kappa shape index (κ2) is 6.80. The van der Waals surface area contributed by atoms with E-state index in [0.717, 1.165) is 4.47 Å². The van der Waals surface area contributed by atoms with Gasteiger partial charge in [-0.25, -0.2) is 0 Å². The molecule has 0 heterocycles. The number of fused-ring (bicyclic) bond motifs is 3. The lowest BCUT2D eigenvalue weighted by atomic mass is 9.93. The van der Waals surface area contributed by atoms with Crippen molar-refractivity contribution in [3.63, 3.8) is 0 Å². The first-order valence-corrected chi connectivity index (χ1v) is 10.1. The van der Waals surface area contributed by atoms with Crippen LogP contribution in [0.5, 0.6) is 0 Å². The Morgan fingerprint density at radius 1 is 0.560 bits per heavy atom. The van der Waals surface area contributed by atoms with Crippen LogP contribution in [0.1, 0.15) is 37.8 Å². The summed E-state index contributed by atoms with van der Waals surface area (Å²) in [6.45, 7) is 4.54. The molecule has 0 aromatic heterocycles. The molecule has 0 bridgehead atoms. The summed E-state index contributed by atoms with van der Waals surface area (Å²) in [7, 11) is 0. The minimum atomic E-state index is 1.13. The zero-order valence-corrected chi connectivity index (χ0v) is 16.5. The Labute approximate surface area is 158 Å². The number of hydrogen-bond acceptors (Lipinski definition) is 0. The minimum Gasteiger partial charge on any atom is -0.0651 e. The molecule has 126 valence electrons. The van der Waals surface area contributed by atoms with Crippen molar-refractivity contribution in [2.24, 2.45) is 0 Å². The summed E-state index contributed by atoms with van der Waals surface area (Å²) in [4.78, 5) is 0. The Bertz CT molecular complexity index is 1080. The highest BCUT2D eigenvalue weighted by atomic mass is 79.9. The van der Waals surface area contributed by atoms with Gasteiger partial charge >= 0.3 is 0 Å². The number of rotatable bonds is 4. The Balaban J connectivity index is 1.97. The third-order valence-electron chi connectivity index (χ3n) is 5.07. The third-order valence-corrected chi connectivity index (χ3v) is 5.56. The van der Waals surface area contributed by atoms with E-state index in [1.54, 1.807) is 0 Å². The molecule has 4 rings (SSSR count). The average molecular weight is 391 g/mol. The minimum absolute atomic E-state index is 1.13. The molecule has 0 amide bonds. The van der Waals surface area contributed by atoms with Crippen molar-refractivity contribution < 1.29 is 0 Å². The van der Waals surface area contributed by atoms with Gasteiger partial charge in [-0.3, -0.25) is 0 Å². The molecule has 0 saturated carbocycles. The fraction of sp³-hybridized carbons (Fsp3) is 0.250. The predicted octanol–water partition coefficient (Wildman–Crippen LogP) is 7.81. The number of aryl methyl sites for hydroxylation is 2. The molecule has 0 nitrogen and oxygen atoms in total. The van der Waals surface area contributed by atoms with Gasteiger partial charge in [-0.05, 0) is 92.7 Å². The summed E-state index contributed by atoms with van der Waals surface area (Å²) >= 11 is 3.59. The smallest absolute Gasteiger partial charge is 0.0181 e. The zero-order valence-electron chi connectivity index (χ0n) is 14.9. The maximum atomic E-state index is 3.59. The van der Waals surface area contributed by atoms with Crippen LogP contribution < -0.4 is 0 Å². The van der Waals surface area contributed by atoms with E-state index < -0.39 is 0 Å². The summed E-state index contributed by atoms with van der Waals surface area (Å²) in [6.07, 6.45) is 4.76. The molecule has 1 heteroatoms. The van der Waals surface area contributed by atoms with Crippen LogP contribution in [0.3, 0.4) is 0 Å². The van der Waals surface area contributed by atoms with Crippen LogP contribution in [0, 0.1) is 0 Å². The van der Waals surface area contributed by atoms with E-state index >= 15 is 0 Å². The lowest BCUT2D eigenvalue weighted by Gasteiger charge is -2.12. The molecule has 0 atom stereocenters. The molecule has 0 spiro atoms. The van der Waals surface area contributed by atoms with Crippen molar-refractivity contribution in [1.82, 2.24) is 0 Å². The molecule has 4 aromatic carbocycles. The molecule has 25 heavy (non-hydrogen) atoms. The highest BCUT2D eigenvalue weighted by molar-refractivity contribution is 9.10. The van der Waals surface area contributed by atoms with Gasteiger partial charge in [0, 0.05) is 4.47 Å². The van der Waals surface area contributed by atoms with E-state index in [1.165, 1.54) is 69.1 Å².